The minimum Gasteiger partial charge on any atom is -0.355 e. The number of carbonyl (C=O) groups is 4. The van der Waals surface area contributed by atoms with Crippen molar-refractivity contribution in [2.24, 2.45) is 17.4 Å². The fourth-order valence-corrected chi connectivity index (χ4v) is 2.14. The van der Waals surface area contributed by atoms with Crippen LogP contribution in [0.1, 0.15) is 46.0 Å². The summed E-state index contributed by atoms with van der Waals surface area (Å²) in [5.74, 6) is -0.888. The number of nitrogens with two attached hydrogens (primary N) is 2. The molecule has 0 saturated carbocycles. The lowest BCUT2D eigenvalue weighted by Crippen LogP contribution is -2.48. The van der Waals surface area contributed by atoms with Gasteiger partial charge in [0, 0.05) is 51.4 Å². The predicted octanol–water partition coefficient (Wildman–Crippen LogP) is -1.20. The molecule has 0 saturated heterocycles. The van der Waals surface area contributed by atoms with E-state index in [2.05, 4.69) is 16.0 Å². The lowest BCUT2D eigenvalue weighted by atomic mass is 10.0. The van der Waals surface area contributed by atoms with Crippen molar-refractivity contribution in [3.63, 3.8) is 0 Å². The molecule has 0 heterocycles. The minimum atomic E-state index is -0.821. The Morgan fingerprint density at radius 2 is 1.46 bits per heavy atom. The summed E-state index contributed by atoms with van der Waals surface area (Å²) in [6.07, 6.45) is 1.17. The highest BCUT2D eigenvalue weighted by Crippen LogP contribution is 2.05. The van der Waals surface area contributed by atoms with Gasteiger partial charge in [-0.1, -0.05) is 13.8 Å². The number of nitrogens with one attached hydrogen (secondary N) is 3. The van der Waals surface area contributed by atoms with E-state index >= 15 is 0 Å². The van der Waals surface area contributed by atoms with E-state index in [4.69, 9.17) is 11.5 Å². The van der Waals surface area contributed by atoms with Gasteiger partial charge in [0.25, 0.3) is 0 Å². The Labute approximate surface area is 155 Å². The first kappa shape index (κ1) is 24.0. The maximum absolute atomic E-state index is 12.1. The summed E-state index contributed by atoms with van der Waals surface area (Å²) in [5, 5.41) is 7.86. The van der Waals surface area contributed by atoms with E-state index in [1.165, 1.54) is 0 Å². The first-order valence-electron chi connectivity index (χ1n) is 9.08. The first-order valence-corrected chi connectivity index (χ1v) is 9.08. The number of amides is 3. The Morgan fingerprint density at radius 1 is 0.846 bits per heavy atom. The standard InChI is InChI=1S/C17H33N5O4/c1-12(2)14(23)4-3-5-16(25)22-13(17(26)21-11-9-19)6-7-15(24)20-10-8-18/h12-13H,3-11,18-19H2,1-2H3,(H,20,24)(H,21,26)(H,22,25). The summed E-state index contributed by atoms with van der Waals surface area (Å²) in [5.41, 5.74) is 10.7. The van der Waals surface area contributed by atoms with E-state index in [0.717, 1.165) is 0 Å². The number of ketones is 1. The van der Waals surface area contributed by atoms with Crippen LogP contribution in [0.2, 0.25) is 0 Å². The Bertz CT molecular complexity index is 468. The fourth-order valence-electron chi connectivity index (χ4n) is 2.14. The van der Waals surface area contributed by atoms with Crippen molar-refractivity contribution >= 4 is 23.5 Å². The van der Waals surface area contributed by atoms with Crippen molar-refractivity contribution in [3.8, 4) is 0 Å². The third-order valence-corrected chi connectivity index (χ3v) is 3.69. The summed E-state index contributed by atoms with van der Waals surface area (Å²) in [4.78, 5) is 47.5. The van der Waals surface area contributed by atoms with Gasteiger partial charge in [0.1, 0.15) is 11.8 Å². The molecule has 9 heteroatoms. The number of Topliss-reactive ketones (excluding diaryl/α,β-unsaturated/α-hetero) is 1. The molecule has 0 aromatic carbocycles. The zero-order valence-corrected chi connectivity index (χ0v) is 15.8. The van der Waals surface area contributed by atoms with Gasteiger partial charge < -0.3 is 27.4 Å². The van der Waals surface area contributed by atoms with Gasteiger partial charge >= 0.3 is 0 Å². The van der Waals surface area contributed by atoms with E-state index in [-0.39, 0.29) is 61.8 Å². The summed E-state index contributed by atoms with van der Waals surface area (Å²) < 4.78 is 0. The molecule has 0 radical (unpaired) electrons. The molecular formula is C17H33N5O4. The lowest BCUT2D eigenvalue weighted by Gasteiger charge is -2.18. The van der Waals surface area contributed by atoms with E-state index < -0.39 is 6.04 Å². The molecule has 1 atom stereocenters. The second kappa shape index (κ2) is 14.2. The molecule has 9 nitrogen and oxygen atoms in total. The molecule has 7 N–H and O–H groups in total. The van der Waals surface area contributed by atoms with Gasteiger partial charge in [0.05, 0.1) is 0 Å². The molecule has 150 valence electrons. The van der Waals surface area contributed by atoms with Gasteiger partial charge in [-0.3, -0.25) is 19.2 Å². The van der Waals surface area contributed by atoms with E-state index in [9.17, 15) is 19.2 Å². The predicted molar refractivity (Wildman–Crippen MR) is 99.0 cm³/mol. The average molecular weight is 371 g/mol. The molecule has 26 heavy (non-hydrogen) atoms. The molecular weight excluding hydrogens is 338 g/mol. The maximum atomic E-state index is 12.1. The van der Waals surface area contributed by atoms with E-state index in [1.54, 1.807) is 0 Å². The van der Waals surface area contributed by atoms with Crippen LogP contribution in [-0.2, 0) is 19.2 Å². The summed E-state index contributed by atoms with van der Waals surface area (Å²) in [7, 11) is 0. The molecule has 3 amide bonds. The van der Waals surface area contributed by atoms with Crippen LogP contribution in [0, 0.1) is 5.92 Å². The number of hydrogen-bond donors (Lipinski definition) is 5. The molecule has 0 aliphatic carbocycles. The Balaban J connectivity index is 4.49. The summed E-state index contributed by atoms with van der Waals surface area (Å²) >= 11 is 0. The zero-order valence-electron chi connectivity index (χ0n) is 15.8. The van der Waals surface area contributed by atoms with Crippen LogP contribution in [-0.4, -0.2) is 55.7 Å². The van der Waals surface area contributed by atoms with Crippen LogP contribution in [0.4, 0.5) is 0 Å². The average Bonchev–Trinajstić information content (AvgIpc) is 2.60. The highest BCUT2D eigenvalue weighted by molar-refractivity contribution is 5.88. The van der Waals surface area contributed by atoms with E-state index in [0.29, 0.717) is 25.9 Å². The number of carbonyl (C=O) groups excluding carboxylic acids is 4. The van der Waals surface area contributed by atoms with E-state index in [1.807, 2.05) is 13.8 Å². The highest BCUT2D eigenvalue weighted by atomic mass is 16.2. The van der Waals surface area contributed by atoms with Gasteiger partial charge in [-0.25, -0.2) is 0 Å². The van der Waals surface area contributed by atoms with Crippen LogP contribution >= 0.6 is 0 Å². The third kappa shape index (κ3) is 11.5. The van der Waals surface area contributed by atoms with Crippen molar-refractivity contribution in [2.75, 3.05) is 26.2 Å². The van der Waals surface area contributed by atoms with Crippen molar-refractivity contribution in [3.05, 3.63) is 0 Å². The smallest absolute Gasteiger partial charge is 0.242 e. The van der Waals surface area contributed by atoms with Crippen molar-refractivity contribution in [1.29, 1.82) is 0 Å². The molecule has 0 bridgehead atoms. The van der Waals surface area contributed by atoms with Crippen molar-refractivity contribution in [1.82, 2.24) is 16.0 Å². The Morgan fingerprint density at radius 3 is 2.04 bits per heavy atom. The lowest BCUT2D eigenvalue weighted by molar-refractivity contribution is -0.130. The third-order valence-electron chi connectivity index (χ3n) is 3.69. The second-order valence-corrected chi connectivity index (χ2v) is 6.35. The first-order chi connectivity index (χ1) is 12.3. The largest absolute Gasteiger partial charge is 0.355 e. The van der Waals surface area contributed by atoms with Gasteiger partial charge in [0.2, 0.25) is 17.7 Å². The summed E-state index contributed by atoms with van der Waals surface area (Å²) in [6.45, 7) is 4.89. The number of hydrogen-bond acceptors (Lipinski definition) is 6. The Hall–Kier alpha value is -2.00. The quantitative estimate of drug-likeness (QED) is 0.258. The van der Waals surface area contributed by atoms with Crippen LogP contribution in [0.3, 0.4) is 0 Å². The minimum absolute atomic E-state index is 0.0557. The molecule has 0 aromatic heterocycles. The molecule has 0 aliphatic heterocycles. The fraction of sp³-hybridized carbons (Fsp3) is 0.765. The second-order valence-electron chi connectivity index (χ2n) is 6.35. The molecule has 0 aliphatic rings. The van der Waals surface area contributed by atoms with Crippen LogP contribution in [0.25, 0.3) is 0 Å². The summed E-state index contributed by atoms with van der Waals surface area (Å²) in [6, 6.07) is -0.821. The van der Waals surface area contributed by atoms with Crippen LogP contribution in [0.15, 0.2) is 0 Å². The van der Waals surface area contributed by atoms with Gasteiger partial charge in [-0.05, 0) is 12.8 Å². The number of rotatable bonds is 14. The Kier molecular flexibility index (Phi) is 13.1. The maximum Gasteiger partial charge on any atom is 0.242 e. The molecule has 0 fully saturated rings. The molecule has 0 aromatic rings. The molecule has 0 spiro atoms. The van der Waals surface area contributed by atoms with Gasteiger partial charge in [-0.2, -0.15) is 0 Å². The van der Waals surface area contributed by atoms with Crippen molar-refractivity contribution < 1.29 is 19.2 Å². The van der Waals surface area contributed by atoms with Crippen LogP contribution in [0.5, 0.6) is 0 Å². The zero-order chi connectivity index (χ0) is 19.9. The topological polar surface area (TPSA) is 156 Å². The van der Waals surface area contributed by atoms with Gasteiger partial charge in [-0.15, -0.1) is 0 Å². The molecule has 0 rings (SSSR count). The van der Waals surface area contributed by atoms with Gasteiger partial charge in [0.15, 0.2) is 0 Å². The highest BCUT2D eigenvalue weighted by Gasteiger charge is 2.21. The van der Waals surface area contributed by atoms with Crippen LogP contribution < -0.4 is 27.4 Å². The molecule has 1 unspecified atom stereocenters. The van der Waals surface area contributed by atoms with Crippen molar-refractivity contribution in [2.45, 2.75) is 52.0 Å². The normalized spacial score (nSPS) is 11.7. The SMILES string of the molecule is CC(C)C(=O)CCCC(=O)NC(CCC(=O)NCCN)C(=O)NCCN. The monoisotopic (exact) mass is 371 g/mol.